The van der Waals surface area contributed by atoms with E-state index in [-0.39, 0.29) is 13.2 Å². The molecule has 0 saturated heterocycles. The highest BCUT2D eigenvalue weighted by atomic mass is 16.3. The summed E-state index contributed by atoms with van der Waals surface area (Å²) in [4.78, 5) is 0. The first kappa shape index (κ1) is 9.16. The van der Waals surface area contributed by atoms with Crippen molar-refractivity contribution >= 4 is 0 Å². The molecule has 0 atom stereocenters. The number of rotatable bonds is 4. The normalized spacial score (nSPS) is 10.2. The number of aliphatic hydroxyl groups excluding tert-OH is 2. The van der Waals surface area contributed by atoms with Gasteiger partial charge in [0.05, 0.1) is 13.0 Å². The Hall–Kier alpha value is -0.930. The molecule has 0 aliphatic heterocycles. The fraction of sp³-hybridized carbons (Fsp3) is 0.444. The van der Waals surface area contributed by atoms with Gasteiger partial charge in [-0.1, -0.05) is 6.07 Å². The summed E-state index contributed by atoms with van der Waals surface area (Å²) in [6.07, 6.45) is 2.54. The van der Waals surface area contributed by atoms with Crippen molar-refractivity contribution in [3.05, 3.63) is 30.1 Å². The highest BCUT2D eigenvalue weighted by Crippen LogP contribution is 1.91. The maximum atomic E-state index is 8.74. The fourth-order valence-corrected chi connectivity index (χ4v) is 1.18. The topological polar surface area (TPSA) is 44.3 Å². The minimum Gasteiger partial charge on any atom is -0.396 e. The number of pyridine rings is 1. The van der Waals surface area contributed by atoms with Crippen LogP contribution in [0, 0.1) is 0 Å². The van der Waals surface area contributed by atoms with Gasteiger partial charge in [0, 0.05) is 12.1 Å². The van der Waals surface area contributed by atoms with Gasteiger partial charge in [0.25, 0.3) is 0 Å². The SMILES string of the molecule is OCCc1cccc[n+]1CCO. The predicted molar refractivity (Wildman–Crippen MR) is 44.5 cm³/mol. The van der Waals surface area contributed by atoms with Gasteiger partial charge in [-0.05, 0) is 0 Å². The lowest BCUT2D eigenvalue weighted by Gasteiger charge is -1.99. The van der Waals surface area contributed by atoms with Crippen molar-refractivity contribution in [2.24, 2.45) is 0 Å². The Bertz CT molecular complexity index is 213. The molecule has 0 unspecified atom stereocenters. The number of aromatic nitrogens is 1. The van der Waals surface area contributed by atoms with Crippen molar-refractivity contribution in [3.63, 3.8) is 0 Å². The first-order chi connectivity index (χ1) is 5.88. The molecular weight excluding hydrogens is 154 g/mol. The van der Waals surface area contributed by atoms with Crippen molar-refractivity contribution in [3.8, 4) is 0 Å². The minimum absolute atomic E-state index is 0.132. The second kappa shape index (κ2) is 4.85. The summed E-state index contributed by atoms with van der Waals surface area (Å²) in [5.74, 6) is 0. The lowest BCUT2D eigenvalue weighted by atomic mass is 10.2. The van der Waals surface area contributed by atoms with Crippen LogP contribution in [0.1, 0.15) is 5.69 Å². The Morgan fingerprint density at radius 1 is 1.17 bits per heavy atom. The average Bonchev–Trinajstić information content (AvgIpc) is 2.09. The molecule has 0 aliphatic rings. The van der Waals surface area contributed by atoms with E-state index in [9.17, 15) is 0 Å². The molecule has 0 bridgehead atoms. The van der Waals surface area contributed by atoms with Crippen molar-refractivity contribution in [1.29, 1.82) is 0 Å². The molecule has 0 aromatic carbocycles. The Morgan fingerprint density at radius 3 is 2.67 bits per heavy atom. The zero-order valence-electron chi connectivity index (χ0n) is 6.98. The molecule has 0 amide bonds. The largest absolute Gasteiger partial charge is 0.396 e. The highest BCUT2D eigenvalue weighted by molar-refractivity contribution is 4.97. The van der Waals surface area contributed by atoms with Crippen LogP contribution >= 0.6 is 0 Å². The van der Waals surface area contributed by atoms with Crippen molar-refractivity contribution < 1.29 is 14.8 Å². The second-order valence-corrected chi connectivity index (χ2v) is 2.58. The third-order valence-electron chi connectivity index (χ3n) is 1.74. The molecule has 3 heteroatoms. The molecular formula is C9H14NO2+. The summed E-state index contributed by atoms with van der Waals surface area (Å²) < 4.78 is 1.94. The lowest BCUT2D eigenvalue weighted by Crippen LogP contribution is -2.39. The average molecular weight is 168 g/mol. The molecule has 3 nitrogen and oxygen atoms in total. The van der Waals surface area contributed by atoms with Gasteiger partial charge in [0.2, 0.25) is 0 Å². The molecule has 66 valence electrons. The minimum atomic E-state index is 0.132. The van der Waals surface area contributed by atoms with Crippen LogP contribution < -0.4 is 4.57 Å². The molecule has 12 heavy (non-hydrogen) atoms. The summed E-state index contributed by atoms with van der Waals surface area (Å²) >= 11 is 0. The zero-order chi connectivity index (χ0) is 8.81. The first-order valence-electron chi connectivity index (χ1n) is 4.07. The Kier molecular flexibility index (Phi) is 3.70. The molecule has 1 heterocycles. The van der Waals surface area contributed by atoms with Gasteiger partial charge in [0.15, 0.2) is 18.4 Å². The van der Waals surface area contributed by atoms with Crippen LogP contribution in [0.25, 0.3) is 0 Å². The fourth-order valence-electron chi connectivity index (χ4n) is 1.18. The van der Waals surface area contributed by atoms with E-state index in [1.807, 2.05) is 29.0 Å². The van der Waals surface area contributed by atoms with Crippen LogP contribution in [0.5, 0.6) is 0 Å². The van der Waals surface area contributed by atoms with Crippen LogP contribution in [0.3, 0.4) is 0 Å². The van der Waals surface area contributed by atoms with Crippen LogP contribution in [-0.2, 0) is 13.0 Å². The van der Waals surface area contributed by atoms with E-state index in [0.717, 1.165) is 5.69 Å². The number of hydrogen-bond acceptors (Lipinski definition) is 2. The van der Waals surface area contributed by atoms with E-state index in [2.05, 4.69) is 0 Å². The first-order valence-corrected chi connectivity index (χ1v) is 4.07. The Morgan fingerprint density at radius 2 is 2.00 bits per heavy atom. The van der Waals surface area contributed by atoms with Crippen molar-refractivity contribution in [2.45, 2.75) is 13.0 Å². The molecule has 0 aliphatic carbocycles. The third-order valence-corrected chi connectivity index (χ3v) is 1.74. The Labute approximate surface area is 71.9 Å². The van der Waals surface area contributed by atoms with Gasteiger partial charge in [-0.2, -0.15) is 4.57 Å². The standard InChI is InChI=1S/C9H14NO2/c11-7-4-9-3-1-2-5-10(9)6-8-12/h1-3,5,11-12H,4,6-8H2/q+1. The van der Waals surface area contributed by atoms with Gasteiger partial charge < -0.3 is 10.2 Å². The van der Waals surface area contributed by atoms with E-state index in [4.69, 9.17) is 10.2 Å². The summed E-state index contributed by atoms with van der Waals surface area (Å²) in [7, 11) is 0. The number of nitrogens with zero attached hydrogens (tertiary/aromatic N) is 1. The van der Waals surface area contributed by atoms with Gasteiger partial charge >= 0.3 is 0 Å². The molecule has 1 rings (SSSR count). The smallest absolute Gasteiger partial charge is 0.183 e. The lowest BCUT2D eigenvalue weighted by molar-refractivity contribution is -0.705. The number of aliphatic hydroxyl groups is 2. The van der Waals surface area contributed by atoms with Gasteiger partial charge in [-0.25, -0.2) is 0 Å². The summed E-state index contributed by atoms with van der Waals surface area (Å²) in [5.41, 5.74) is 1.05. The highest BCUT2D eigenvalue weighted by Gasteiger charge is 2.06. The molecule has 1 aromatic heterocycles. The van der Waals surface area contributed by atoms with Crippen LogP contribution in [0.2, 0.25) is 0 Å². The van der Waals surface area contributed by atoms with Gasteiger partial charge in [-0.15, -0.1) is 0 Å². The zero-order valence-corrected chi connectivity index (χ0v) is 6.98. The van der Waals surface area contributed by atoms with Gasteiger partial charge in [0.1, 0.15) is 6.61 Å². The molecule has 0 spiro atoms. The maximum Gasteiger partial charge on any atom is 0.183 e. The summed E-state index contributed by atoms with van der Waals surface area (Å²) in [6.45, 7) is 0.874. The van der Waals surface area contributed by atoms with Crippen LogP contribution in [0.4, 0.5) is 0 Å². The van der Waals surface area contributed by atoms with Gasteiger partial charge in [-0.3, -0.25) is 0 Å². The summed E-state index contributed by atoms with van der Waals surface area (Å²) in [5, 5.41) is 17.5. The molecule has 1 aromatic rings. The molecule has 2 N–H and O–H groups in total. The van der Waals surface area contributed by atoms with Crippen LogP contribution in [0.15, 0.2) is 24.4 Å². The summed E-state index contributed by atoms with van der Waals surface area (Å²) in [6, 6.07) is 5.79. The van der Waals surface area contributed by atoms with E-state index in [1.54, 1.807) is 0 Å². The van der Waals surface area contributed by atoms with E-state index in [0.29, 0.717) is 13.0 Å². The third kappa shape index (κ3) is 2.29. The maximum absolute atomic E-state index is 8.74. The molecule has 0 radical (unpaired) electrons. The van der Waals surface area contributed by atoms with E-state index < -0.39 is 0 Å². The quantitative estimate of drug-likeness (QED) is 0.595. The molecule has 0 saturated carbocycles. The van der Waals surface area contributed by atoms with E-state index >= 15 is 0 Å². The predicted octanol–water partition coefficient (Wildman–Crippen LogP) is -0.499. The van der Waals surface area contributed by atoms with Crippen LogP contribution in [-0.4, -0.2) is 23.4 Å². The Balaban J connectivity index is 2.77. The van der Waals surface area contributed by atoms with Crippen molar-refractivity contribution in [2.75, 3.05) is 13.2 Å². The number of hydrogen-bond donors (Lipinski definition) is 2. The monoisotopic (exact) mass is 168 g/mol. The second-order valence-electron chi connectivity index (χ2n) is 2.58. The van der Waals surface area contributed by atoms with E-state index in [1.165, 1.54) is 0 Å². The van der Waals surface area contributed by atoms with Crippen molar-refractivity contribution in [1.82, 2.24) is 0 Å². The molecule has 0 fully saturated rings.